The number of aliphatic hydroxyl groups is 3. The standard InChI is InChI=1S/C18H28ClN5O9P2/c1-2-10(7-33-35(31,32)9-34(28,29)30)13(25)14(26)17(27)24-8-20-12-15(21-11-5-3-4-6-11)22-18(19)23-16(12)24/h2,8,11,13-14,17,25-27H,3-7,9H2,1H3,(H,31,32)(H,21,22,23)(H2,28,29,30)/b10-2-/t13-,14-,17-/m1/s1. The van der Waals surface area contributed by atoms with Crippen LogP contribution in [0.15, 0.2) is 18.0 Å². The summed E-state index contributed by atoms with van der Waals surface area (Å²) in [6.07, 6.45) is 1.12. The number of aromatic nitrogens is 4. The molecule has 1 aliphatic carbocycles. The van der Waals surface area contributed by atoms with Gasteiger partial charge in [0.05, 0.1) is 12.9 Å². The Hall–Kier alpha value is -1.44. The topological polar surface area (TPSA) is 220 Å². The van der Waals surface area contributed by atoms with Crippen molar-refractivity contribution >= 4 is 43.8 Å². The molecule has 0 radical (unpaired) electrons. The molecule has 7 N–H and O–H groups in total. The Labute approximate surface area is 205 Å². The molecular formula is C18H28ClN5O9P2. The quantitative estimate of drug-likeness (QED) is 0.118. The van der Waals surface area contributed by atoms with E-state index >= 15 is 0 Å². The number of hydrogen-bond acceptors (Lipinski definition) is 10. The fourth-order valence-corrected chi connectivity index (χ4v) is 6.49. The van der Waals surface area contributed by atoms with E-state index in [1.807, 2.05) is 0 Å². The third-order valence-corrected chi connectivity index (χ3v) is 9.16. The average molecular weight is 556 g/mol. The number of anilines is 1. The normalized spacial score (nSPS) is 20.1. The summed E-state index contributed by atoms with van der Waals surface area (Å²) in [4.78, 5) is 39.9. The van der Waals surface area contributed by atoms with Crippen LogP contribution >= 0.6 is 26.8 Å². The number of hydrogen-bond donors (Lipinski definition) is 7. The molecule has 1 aliphatic rings. The molecule has 17 heteroatoms. The van der Waals surface area contributed by atoms with Gasteiger partial charge in [-0.1, -0.05) is 18.9 Å². The number of aliphatic hydroxyl groups excluding tert-OH is 3. The molecule has 3 rings (SSSR count). The summed E-state index contributed by atoms with van der Waals surface area (Å²) < 4.78 is 28.7. The van der Waals surface area contributed by atoms with Crippen molar-refractivity contribution in [1.29, 1.82) is 0 Å². The molecule has 0 aromatic carbocycles. The van der Waals surface area contributed by atoms with Gasteiger partial charge in [0.1, 0.15) is 12.2 Å². The first-order valence-corrected chi connectivity index (χ1v) is 14.6. The van der Waals surface area contributed by atoms with Gasteiger partial charge >= 0.3 is 15.2 Å². The van der Waals surface area contributed by atoms with Crippen molar-refractivity contribution in [3.63, 3.8) is 0 Å². The Morgan fingerprint density at radius 1 is 1.26 bits per heavy atom. The van der Waals surface area contributed by atoms with E-state index < -0.39 is 46.1 Å². The molecule has 0 spiro atoms. The number of halogens is 1. The van der Waals surface area contributed by atoms with Crippen molar-refractivity contribution < 1.29 is 43.7 Å². The van der Waals surface area contributed by atoms with Gasteiger partial charge in [0, 0.05) is 6.04 Å². The summed E-state index contributed by atoms with van der Waals surface area (Å²) in [6.45, 7) is 0.705. The van der Waals surface area contributed by atoms with Gasteiger partial charge < -0.3 is 39.8 Å². The van der Waals surface area contributed by atoms with Crippen LogP contribution in [0, 0.1) is 0 Å². The van der Waals surface area contributed by atoms with E-state index in [-0.39, 0.29) is 22.5 Å². The molecule has 2 heterocycles. The van der Waals surface area contributed by atoms with Gasteiger partial charge in [-0.05, 0) is 36.9 Å². The average Bonchev–Trinajstić information content (AvgIpc) is 3.41. The molecule has 2 aromatic rings. The zero-order valence-electron chi connectivity index (χ0n) is 18.7. The van der Waals surface area contributed by atoms with Crippen LogP contribution in [0.5, 0.6) is 0 Å². The van der Waals surface area contributed by atoms with E-state index in [2.05, 4.69) is 20.3 Å². The molecule has 0 aliphatic heterocycles. The van der Waals surface area contributed by atoms with Gasteiger partial charge in [0.25, 0.3) is 0 Å². The van der Waals surface area contributed by atoms with Crippen LogP contribution in [0.1, 0.15) is 38.8 Å². The van der Waals surface area contributed by atoms with Crippen molar-refractivity contribution in [3.05, 3.63) is 23.3 Å². The molecule has 0 amide bonds. The molecule has 196 valence electrons. The number of rotatable bonds is 11. The van der Waals surface area contributed by atoms with E-state index in [0.29, 0.717) is 11.3 Å². The Bertz CT molecular complexity index is 1170. The Kier molecular flexibility index (Phi) is 9.09. The lowest BCUT2D eigenvalue weighted by molar-refractivity contribution is -0.0795. The van der Waals surface area contributed by atoms with E-state index in [0.717, 1.165) is 30.3 Å². The van der Waals surface area contributed by atoms with Crippen LogP contribution in [0.25, 0.3) is 11.2 Å². The van der Waals surface area contributed by atoms with Crippen LogP contribution in [-0.4, -0.2) is 80.3 Å². The second kappa shape index (κ2) is 11.3. The summed E-state index contributed by atoms with van der Waals surface area (Å²) in [5.41, 5.74) is 0.288. The van der Waals surface area contributed by atoms with Gasteiger partial charge in [0.15, 0.2) is 29.1 Å². The lowest BCUT2D eigenvalue weighted by Gasteiger charge is -2.26. The van der Waals surface area contributed by atoms with Crippen LogP contribution in [0.4, 0.5) is 5.82 Å². The molecule has 4 atom stereocenters. The lowest BCUT2D eigenvalue weighted by atomic mass is 10.0. The summed E-state index contributed by atoms with van der Waals surface area (Å²) in [6, 6.07) is 0.192. The zero-order valence-corrected chi connectivity index (χ0v) is 21.2. The smallest absolute Gasteiger partial charge is 0.340 e. The van der Waals surface area contributed by atoms with Gasteiger partial charge in [0.2, 0.25) is 5.28 Å². The van der Waals surface area contributed by atoms with E-state index in [1.54, 1.807) is 0 Å². The maximum absolute atomic E-state index is 11.9. The minimum atomic E-state index is -4.84. The van der Waals surface area contributed by atoms with Crippen LogP contribution in [-0.2, 0) is 13.7 Å². The molecule has 14 nitrogen and oxygen atoms in total. The highest BCUT2D eigenvalue weighted by Gasteiger charge is 2.34. The Morgan fingerprint density at radius 2 is 1.91 bits per heavy atom. The second-order valence-electron chi connectivity index (χ2n) is 8.22. The van der Waals surface area contributed by atoms with E-state index in [1.165, 1.54) is 19.3 Å². The first-order valence-electron chi connectivity index (χ1n) is 10.7. The second-order valence-corrected chi connectivity index (χ2v) is 12.6. The molecular weight excluding hydrogens is 528 g/mol. The number of nitrogens with zero attached hydrogens (tertiary/aromatic N) is 4. The van der Waals surface area contributed by atoms with Crippen molar-refractivity contribution in [2.45, 2.75) is 57.1 Å². The largest absolute Gasteiger partial charge is 0.386 e. The fourth-order valence-electron chi connectivity index (χ4n) is 3.78. The molecule has 1 unspecified atom stereocenters. The van der Waals surface area contributed by atoms with Crippen molar-refractivity contribution in [3.8, 4) is 0 Å². The maximum atomic E-state index is 11.9. The zero-order chi connectivity index (χ0) is 26.0. The van der Waals surface area contributed by atoms with Crippen molar-refractivity contribution in [2.75, 3.05) is 17.8 Å². The third kappa shape index (κ3) is 7.30. The number of fused-ring (bicyclic) bond motifs is 1. The first kappa shape index (κ1) is 28.1. The summed E-state index contributed by atoms with van der Waals surface area (Å²) in [5.74, 6) is -1.03. The molecule has 35 heavy (non-hydrogen) atoms. The van der Waals surface area contributed by atoms with E-state index in [9.17, 15) is 29.3 Å². The highest BCUT2D eigenvalue weighted by atomic mass is 35.5. The SMILES string of the molecule is C/C=C(/COP(=O)(O)CP(=O)(O)O)[C@@H](O)[C@@H](O)[C@@H](O)n1cnc2c(NC3CCCC3)nc(Cl)nc21. The third-order valence-electron chi connectivity index (χ3n) is 5.55. The van der Waals surface area contributed by atoms with Gasteiger partial charge in [-0.25, -0.2) is 4.98 Å². The predicted molar refractivity (Wildman–Crippen MR) is 126 cm³/mol. The number of imidazole rings is 1. The van der Waals surface area contributed by atoms with Gasteiger partial charge in [-0.3, -0.25) is 13.7 Å². The minimum absolute atomic E-state index is 0.101. The molecule has 1 fully saturated rings. The first-order chi connectivity index (χ1) is 16.3. The van der Waals surface area contributed by atoms with Gasteiger partial charge in [-0.2, -0.15) is 9.97 Å². The van der Waals surface area contributed by atoms with Crippen LogP contribution in [0.2, 0.25) is 5.28 Å². The maximum Gasteiger partial charge on any atom is 0.340 e. The Balaban J connectivity index is 1.77. The molecule has 1 saturated carbocycles. The summed E-state index contributed by atoms with van der Waals surface area (Å²) in [5, 5.41) is 35.1. The highest BCUT2D eigenvalue weighted by molar-refractivity contribution is 7.70. The fraction of sp³-hybridized carbons (Fsp3) is 0.611. The monoisotopic (exact) mass is 555 g/mol. The summed E-state index contributed by atoms with van der Waals surface area (Å²) >= 11 is 6.06. The van der Waals surface area contributed by atoms with Crippen LogP contribution in [0.3, 0.4) is 0 Å². The molecule has 0 saturated heterocycles. The molecule has 2 aromatic heterocycles. The minimum Gasteiger partial charge on any atom is -0.386 e. The number of allylic oxidation sites excluding steroid dienone is 1. The van der Waals surface area contributed by atoms with Gasteiger partial charge in [-0.15, -0.1) is 0 Å². The Morgan fingerprint density at radius 3 is 2.51 bits per heavy atom. The van der Waals surface area contributed by atoms with Crippen LogP contribution < -0.4 is 5.32 Å². The highest BCUT2D eigenvalue weighted by Crippen LogP contribution is 2.55. The van der Waals surface area contributed by atoms with E-state index in [4.69, 9.17) is 25.9 Å². The van der Waals surface area contributed by atoms with Crippen molar-refractivity contribution in [2.24, 2.45) is 0 Å². The summed E-state index contributed by atoms with van der Waals surface area (Å²) in [7, 11) is -9.53. The predicted octanol–water partition coefficient (Wildman–Crippen LogP) is 1.33. The van der Waals surface area contributed by atoms with Crippen molar-refractivity contribution in [1.82, 2.24) is 19.5 Å². The number of nitrogens with one attached hydrogen (secondary N) is 1. The lowest BCUT2D eigenvalue weighted by Crippen LogP contribution is -2.37. The molecule has 0 bridgehead atoms.